The van der Waals surface area contributed by atoms with Crippen LogP contribution in [-0.2, 0) is 6.54 Å². The first-order valence-corrected chi connectivity index (χ1v) is 9.79. The molecule has 6 nitrogen and oxygen atoms in total. The molecule has 0 aliphatic carbocycles. The average molecular weight is 363 g/mol. The van der Waals surface area contributed by atoms with E-state index in [0.717, 1.165) is 45.0 Å². The molecule has 2 heterocycles. The number of hydrogen-bond acceptors (Lipinski definition) is 4. The number of rotatable bonds is 6. The van der Waals surface area contributed by atoms with E-state index in [9.17, 15) is 0 Å². The topological polar surface area (TPSA) is 51.3 Å². The van der Waals surface area contributed by atoms with Gasteiger partial charge in [0.1, 0.15) is 6.04 Å². The SMILES string of the molecule is CC[C@@H](c1nnnn1Cc1ccccc1)[NH+]1CCN(c2ccccc2)CC1. The second-order valence-corrected chi connectivity index (χ2v) is 7.12. The minimum Gasteiger partial charge on any atom is -0.360 e. The van der Waals surface area contributed by atoms with Crippen molar-refractivity contribution in [2.45, 2.75) is 25.9 Å². The van der Waals surface area contributed by atoms with Crippen molar-refractivity contribution in [1.29, 1.82) is 0 Å². The molecular formula is C21H27N6+. The predicted octanol–water partition coefficient (Wildman–Crippen LogP) is 1.58. The van der Waals surface area contributed by atoms with Crippen LogP contribution in [0.3, 0.4) is 0 Å². The van der Waals surface area contributed by atoms with Crippen molar-refractivity contribution in [3.05, 3.63) is 72.1 Å². The fourth-order valence-corrected chi connectivity index (χ4v) is 4.02. The van der Waals surface area contributed by atoms with Crippen molar-refractivity contribution < 1.29 is 4.90 Å². The minimum atomic E-state index is 0.335. The predicted molar refractivity (Wildman–Crippen MR) is 106 cm³/mol. The Morgan fingerprint density at radius 1 is 0.963 bits per heavy atom. The Balaban J connectivity index is 1.45. The third-order valence-electron chi connectivity index (χ3n) is 5.47. The summed E-state index contributed by atoms with van der Waals surface area (Å²) < 4.78 is 1.97. The van der Waals surface area contributed by atoms with E-state index in [1.54, 1.807) is 4.90 Å². The largest absolute Gasteiger partial charge is 0.360 e. The molecule has 4 rings (SSSR count). The van der Waals surface area contributed by atoms with Crippen LogP contribution >= 0.6 is 0 Å². The lowest BCUT2D eigenvalue weighted by Gasteiger charge is -2.36. The molecule has 0 amide bonds. The lowest BCUT2D eigenvalue weighted by Crippen LogP contribution is -3.15. The third-order valence-corrected chi connectivity index (χ3v) is 5.47. The van der Waals surface area contributed by atoms with E-state index < -0.39 is 0 Å². The maximum Gasteiger partial charge on any atom is 0.209 e. The molecule has 0 spiro atoms. The number of para-hydroxylation sites is 1. The minimum absolute atomic E-state index is 0.335. The number of quaternary nitrogens is 1. The standard InChI is InChI=1S/C21H26N6/c1-2-20(21-22-23-24-27(21)17-18-9-5-3-6-10-18)26-15-13-25(14-16-26)19-11-7-4-8-12-19/h3-12,20H,2,13-17H2,1H3/p+1/t20-/m0/s1. The summed E-state index contributed by atoms with van der Waals surface area (Å²) in [5.74, 6) is 1.00. The molecule has 140 valence electrons. The van der Waals surface area contributed by atoms with Gasteiger partial charge in [-0.1, -0.05) is 55.5 Å². The van der Waals surface area contributed by atoms with Gasteiger partial charge in [-0.05, 0) is 28.1 Å². The van der Waals surface area contributed by atoms with E-state index in [2.05, 4.69) is 81.9 Å². The van der Waals surface area contributed by atoms with Crippen LogP contribution in [0.15, 0.2) is 60.7 Å². The Morgan fingerprint density at radius 3 is 2.30 bits per heavy atom. The lowest BCUT2D eigenvalue weighted by atomic mass is 10.1. The van der Waals surface area contributed by atoms with Gasteiger partial charge in [0, 0.05) is 12.1 Å². The number of nitrogens with zero attached hydrogens (tertiary/aromatic N) is 5. The van der Waals surface area contributed by atoms with Gasteiger partial charge in [-0.15, -0.1) is 5.10 Å². The lowest BCUT2D eigenvalue weighted by molar-refractivity contribution is -0.933. The normalized spacial score (nSPS) is 16.4. The van der Waals surface area contributed by atoms with Crippen molar-refractivity contribution in [2.24, 2.45) is 0 Å². The van der Waals surface area contributed by atoms with E-state index in [1.807, 2.05) is 10.7 Å². The van der Waals surface area contributed by atoms with Gasteiger partial charge in [0.2, 0.25) is 5.82 Å². The molecule has 1 N–H and O–H groups in total. The Bertz CT molecular complexity index is 824. The molecule has 1 aromatic heterocycles. The van der Waals surface area contributed by atoms with Gasteiger partial charge in [-0.25, -0.2) is 4.68 Å². The van der Waals surface area contributed by atoms with Gasteiger partial charge < -0.3 is 9.80 Å². The highest BCUT2D eigenvalue weighted by Crippen LogP contribution is 2.15. The summed E-state index contributed by atoms with van der Waals surface area (Å²) in [6.45, 7) is 7.30. The highest BCUT2D eigenvalue weighted by Gasteiger charge is 2.31. The molecule has 27 heavy (non-hydrogen) atoms. The second kappa shape index (κ2) is 8.31. The molecule has 1 atom stereocenters. The van der Waals surface area contributed by atoms with E-state index in [4.69, 9.17) is 0 Å². The number of aromatic nitrogens is 4. The van der Waals surface area contributed by atoms with E-state index in [-0.39, 0.29) is 0 Å². The molecule has 1 saturated heterocycles. The zero-order valence-electron chi connectivity index (χ0n) is 15.8. The van der Waals surface area contributed by atoms with Crippen LogP contribution in [0.4, 0.5) is 5.69 Å². The van der Waals surface area contributed by atoms with Gasteiger partial charge in [0.15, 0.2) is 0 Å². The fraction of sp³-hybridized carbons (Fsp3) is 0.381. The summed E-state index contributed by atoms with van der Waals surface area (Å²) in [4.78, 5) is 4.05. The smallest absolute Gasteiger partial charge is 0.209 e. The summed E-state index contributed by atoms with van der Waals surface area (Å²) in [5.41, 5.74) is 2.54. The van der Waals surface area contributed by atoms with Crippen LogP contribution < -0.4 is 9.80 Å². The zero-order chi connectivity index (χ0) is 18.5. The Morgan fingerprint density at radius 2 is 1.63 bits per heavy atom. The molecule has 0 bridgehead atoms. The number of benzene rings is 2. The summed E-state index contributed by atoms with van der Waals surface area (Å²) in [6.07, 6.45) is 1.04. The summed E-state index contributed by atoms with van der Waals surface area (Å²) >= 11 is 0. The van der Waals surface area contributed by atoms with Crippen LogP contribution in [0.5, 0.6) is 0 Å². The summed E-state index contributed by atoms with van der Waals surface area (Å²) in [7, 11) is 0. The van der Waals surface area contributed by atoms with E-state index in [1.165, 1.54) is 11.3 Å². The van der Waals surface area contributed by atoms with Crippen molar-refractivity contribution in [2.75, 3.05) is 31.1 Å². The molecule has 1 aliphatic heterocycles. The molecule has 0 saturated carbocycles. The van der Waals surface area contributed by atoms with Gasteiger partial charge in [0.25, 0.3) is 0 Å². The van der Waals surface area contributed by atoms with Crippen LogP contribution in [0, 0.1) is 0 Å². The van der Waals surface area contributed by atoms with E-state index in [0.29, 0.717) is 6.04 Å². The number of anilines is 1. The van der Waals surface area contributed by atoms with Gasteiger partial charge >= 0.3 is 0 Å². The quantitative estimate of drug-likeness (QED) is 0.722. The third kappa shape index (κ3) is 4.01. The number of tetrazole rings is 1. The molecular weight excluding hydrogens is 336 g/mol. The van der Waals surface area contributed by atoms with Crippen LogP contribution in [-0.4, -0.2) is 46.4 Å². The van der Waals surface area contributed by atoms with Crippen LogP contribution in [0.25, 0.3) is 0 Å². The molecule has 0 radical (unpaired) electrons. The van der Waals surface area contributed by atoms with Crippen LogP contribution in [0.1, 0.15) is 30.8 Å². The second-order valence-electron chi connectivity index (χ2n) is 7.12. The van der Waals surface area contributed by atoms with Gasteiger partial charge in [-0.3, -0.25) is 0 Å². The summed E-state index contributed by atoms with van der Waals surface area (Å²) in [6, 6.07) is 21.4. The zero-order valence-corrected chi connectivity index (χ0v) is 15.8. The molecule has 0 unspecified atom stereocenters. The van der Waals surface area contributed by atoms with E-state index >= 15 is 0 Å². The maximum absolute atomic E-state index is 4.40. The molecule has 3 aromatic rings. The molecule has 1 aliphatic rings. The highest BCUT2D eigenvalue weighted by atomic mass is 15.6. The number of hydrogen-bond donors (Lipinski definition) is 1. The fourth-order valence-electron chi connectivity index (χ4n) is 4.02. The Hall–Kier alpha value is -2.73. The highest BCUT2D eigenvalue weighted by molar-refractivity contribution is 5.46. The average Bonchev–Trinajstić information content (AvgIpc) is 3.18. The van der Waals surface area contributed by atoms with Crippen molar-refractivity contribution in [3.8, 4) is 0 Å². The van der Waals surface area contributed by atoms with Gasteiger partial charge in [0.05, 0.1) is 32.7 Å². The van der Waals surface area contributed by atoms with Crippen molar-refractivity contribution >= 4 is 5.69 Å². The monoisotopic (exact) mass is 363 g/mol. The maximum atomic E-state index is 4.40. The first-order chi connectivity index (χ1) is 13.3. The molecule has 2 aromatic carbocycles. The Kier molecular flexibility index (Phi) is 5.44. The van der Waals surface area contributed by atoms with Crippen molar-refractivity contribution in [3.63, 3.8) is 0 Å². The first-order valence-electron chi connectivity index (χ1n) is 9.79. The van der Waals surface area contributed by atoms with Crippen molar-refractivity contribution in [1.82, 2.24) is 20.2 Å². The van der Waals surface area contributed by atoms with Gasteiger partial charge in [-0.2, -0.15) is 0 Å². The molecule has 1 fully saturated rings. The molecule has 6 heteroatoms. The van der Waals surface area contributed by atoms with Crippen LogP contribution in [0.2, 0.25) is 0 Å². The first kappa shape index (κ1) is 17.7. The Labute approximate surface area is 160 Å². The summed E-state index contributed by atoms with van der Waals surface area (Å²) in [5, 5.41) is 12.7. The number of piperazine rings is 1. The number of nitrogens with one attached hydrogen (secondary N) is 1.